The highest BCUT2D eigenvalue weighted by molar-refractivity contribution is 9.10. The van der Waals surface area contributed by atoms with Gasteiger partial charge in [0.05, 0.1) is 11.6 Å². The van der Waals surface area contributed by atoms with Crippen LogP contribution in [-0.2, 0) is 9.53 Å². The SMILES string of the molecule is COC(=O)C(O)C(O)c1cc(Cl)cc(Br)c1O. The third-order valence-electron chi connectivity index (χ3n) is 2.12. The van der Waals surface area contributed by atoms with Gasteiger partial charge in [0.1, 0.15) is 11.9 Å². The second-order valence-corrected chi connectivity index (χ2v) is 4.53. The number of aromatic hydroxyl groups is 1. The molecule has 0 spiro atoms. The smallest absolute Gasteiger partial charge is 0.337 e. The van der Waals surface area contributed by atoms with Crippen molar-refractivity contribution in [1.82, 2.24) is 0 Å². The Bertz CT molecular complexity index is 437. The Balaban J connectivity index is 3.12. The summed E-state index contributed by atoms with van der Waals surface area (Å²) in [5, 5.41) is 29.1. The molecule has 2 atom stereocenters. The van der Waals surface area contributed by atoms with Crippen molar-refractivity contribution < 1.29 is 24.9 Å². The van der Waals surface area contributed by atoms with Gasteiger partial charge in [-0.05, 0) is 28.1 Å². The Morgan fingerprint density at radius 2 is 2.06 bits per heavy atom. The summed E-state index contributed by atoms with van der Waals surface area (Å²) in [6, 6.07) is 2.66. The van der Waals surface area contributed by atoms with Crippen LogP contribution in [-0.4, -0.2) is 34.5 Å². The summed E-state index contributed by atoms with van der Waals surface area (Å²) in [5.74, 6) is -1.31. The van der Waals surface area contributed by atoms with Crippen molar-refractivity contribution in [3.8, 4) is 5.75 Å². The van der Waals surface area contributed by atoms with Crippen molar-refractivity contribution in [3.63, 3.8) is 0 Å². The van der Waals surface area contributed by atoms with E-state index in [-0.39, 0.29) is 20.8 Å². The average Bonchev–Trinajstić information content (AvgIpc) is 2.30. The third-order valence-corrected chi connectivity index (χ3v) is 2.94. The molecule has 0 fully saturated rings. The molecule has 0 heterocycles. The fraction of sp³-hybridized carbons (Fsp3) is 0.300. The molecule has 1 aromatic rings. The fourth-order valence-electron chi connectivity index (χ4n) is 1.23. The lowest BCUT2D eigenvalue weighted by Gasteiger charge is -2.17. The number of ether oxygens (including phenoxy) is 1. The van der Waals surface area contributed by atoms with E-state index in [1.54, 1.807) is 0 Å². The minimum absolute atomic E-state index is 0.0673. The molecule has 5 nitrogen and oxygen atoms in total. The first-order valence-corrected chi connectivity index (χ1v) is 5.67. The number of rotatable bonds is 3. The van der Waals surface area contributed by atoms with Gasteiger partial charge in [-0.15, -0.1) is 0 Å². The zero-order valence-electron chi connectivity index (χ0n) is 8.72. The maximum atomic E-state index is 11.0. The number of carbonyl (C=O) groups excluding carboxylic acids is 1. The summed E-state index contributed by atoms with van der Waals surface area (Å²) in [7, 11) is 1.08. The zero-order valence-corrected chi connectivity index (χ0v) is 11.1. The molecule has 94 valence electrons. The van der Waals surface area contributed by atoms with E-state index in [0.29, 0.717) is 0 Å². The van der Waals surface area contributed by atoms with Crippen LogP contribution >= 0.6 is 27.5 Å². The molecule has 0 saturated carbocycles. The number of hydrogen-bond acceptors (Lipinski definition) is 5. The van der Waals surface area contributed by atoms with Crippen LogP contribution in [0.5, 0.6) is 5.75 Å². The van der Waals surface area contributed by atoms with Gasteiger partial charge in [-0.3, -0.25) is 0 Å². The van der Waals surface area contributed by atoms with E-state index in [2.05, 4.69) is 20.7 Å². The minimum Gasteiger partial charge on any atom is -0.506 e. The summed E-state index contributed by atoms with van der Waals surface area (Å²) in [6.45, 7) is 0. The van der Waals surface area contributed by atoms with Crippen molar-refractivity contribution in [2.75, 3.05) is 7.11 Å². The van der Waals surface area contributed by atoms with E-state index in [1.165, 1.54) is 12.1 Å². The predicted molar refractivity (Wildman–Crippen MR) is 63.8 cm³/mol. The molecule has 0 aliphatic heterocycles. The van der Waals surface area contributed by atoms with E-state index >= 15 is 0 Å². The molecular weight excluding hydrogens is 315 g/mol. The fourth-order valence-corrected chi connectivity index (χ4v) is 2.07. The first-order valence-electron chi connectivity index (χ1n) is 4.50. The second kappa shape index (κ2) is 5.68. The van der Waals surface area contributed by atoms with Gasteiger partial charge in [-0.1, -0.05) is 11.6 Å². The number of aliphatic hydroxyl groups is 2. The second-order valence-electron chi connectivity index (χ2n) is 3.24. The number of carbonyl (C=O) groups is 1. The molecule has 3 N–H and O–H groups in total. The molecule has 0 saturated heterocycles. The summed E-state index contributed by atoms with van der Waals surface area (Å²) in [4.78, 5) is 11.0. The van der Waals surface area contributed by atoms with Crippen LogP contribution in [0, 0.1) is 0 Å². The van der Waals surface area contributed by atoms with Crippen LogP contribution in [0.25, 0.3) is 0 Å². The molecule has 1 rings (SSSR count). The molecule has 17 heavy (non-hydrogen) atoms. The Morgan fingerprint density at radius 3 is 2.59 bits per heavy atom. The van der Waals surface area contributed by atoms with Crippen LogP contribution < -0.4 is 0 Å². The molecule has 0 aliphatic carbocycles. The third kappa shape index (κ3) is 3.10. The first-order chi connectivity index (χ1) is 7.88. The zero-order chi connectivity index (χ0) is 13.2. The maximum absolute atomic E-state index is 11.0. The largest absolute Gasteiger partial charge is 0.506 e. The van der Waals surface area contributed by atoms with Gasteiger partial charge in [0, 0.05) is 10.6 Å². The van der Waals surface area contributed by atoms with E-state index in [1.807, 2.05) is 0 Å². The van der Waals surface area contributed by atoms with E-state index in [0.717, 1.165) is 7.11 Å². The highest BCUT2D eigenvalue weighted by atomic mass is 79.9. The highest BCUT2D eigenvalue weighted by Crippen LogP contribution is 2.36. The number of aliphatic hydroxyl groups excluding tert-OH is 2. The van der Waals surface area contributed by atoms with Crippen molar-refractivity contribution in [3.05, 3.63) is 27.2 Å². The molecular formula is C10H10BrClO5. The Hall–Kier alpha value is -0.820. The molecule has 2 unspecified atom stereocenters. The Morgan fingerprint density at radius 1 is 1.47 bits per heavy atom. The van der Waals surface area contributed by atoms with Gasteiger partial charge in [0.2, 0.25) is 0 Å². The summed E-state index contributed by atoms with van der Waals surface area (Å²) >= 11 is 8.76. The quantitative estimate of drug-likeness (QED) is 0.731. The number of esters is 1. The summed E-state index contributed by atoms with van der Waals surface area (Å²) in [5.41, 5.74) is -0.0673. The van der Waals surface area contributed by atoms with E-state index < -0.39 is 18.2 Å². The Kier molecular flexibility index (Phi) is 4.76. The van der Waals surface area contributed by atoms with Crippen molar-refractivity contribution in [2.24, 2.45) is 0 Å². The standard InChI is InChI=1S/C10H10BrClO5/c1-17-10(16)9(15)8(14)5-2-4(12)3-6(11)7(5)13/h2-3,8-9,13-15H,1H3. The van der Waals surface area contributed by atoms with E-state index in [4.69, 9.17) is 11.6 Å². The normalized spacial score (nSPS) is 14.2. The number of phenols is 1. The lowest BCUT2D eigenvalue weighted by Crippen LogP contribution is -2.29. The summed E-state index contributed by atoms with van der Waals surface area (Å²) in [6.07, 6.45) is -3.42. The van der Waals surface area contributed by atoms with Crippen molar-refractivity contribution in [1.29, 1.82) is 0 Å². The number of benzene rings is 1. The lowest BCUT2D eigenvalue weighted by molar-refractivity contribution is -0.156. The maximum Gasteiger partial charge on any atom is 0.337 e. The molecule has 0 aromatic heterocycles. The van der Waals surface area contributed by atoms with Crippen LogP contribution in [0.2, 0.25) is 5.02 Å². The molecule has 7 heteroatoms. The van der Waals surface area contributed by atoms with Crippen molar-refractivity contribution >= 4 is 33.5 Å². The van der Waals surface area contributed by atoms with Crippen LogP contribution in [0.3, 0.4) is 0 Å². The molecule has 0 aliphatic rings. The summed E-state index contributed by atoms with van der Waals surface area (Å²) < 4.78 is 4.53. The Labute approximate surface area is 111 Å². The van der Waals surface area contributed by atoms with Crippen molar-refractivity contribution in [2.45, 2.75) is 12.2 Å². The topological polar surface area (TPSA) is 87.0 Å². The van der Waals surface area contributed by atoms with Gasteiger partial charge in [0.15, 0.2) is 6.10 Å². The number of phenolic OH excluding ortho intramolecular Hbond substituents is 1. The minimum atomic E-state index is -1.80. The predicted octanol–water partition coefficient (Wildman–Crippen LogP) is 1.38. The molecule has 0 bridgehead atoms. The average molecular weight is 326 g/mol. The van der Waals surface area contributed by atoms with Crippen LogP contribution in [0.1, 0.15) is 11.7 Å². The van der Waals surface area contributed by atoms with Gasteiger partial charge in [0.25, 0.3) is 0 Å². The monoisotopic (exact) mass is 324 g/mol. The molecule has 0 radical (unpaired) electrons. The van der Waals surface area contributed by atoms with Crippen LogP contribution in [0.15, 0.2) is 16.6 Å². The van der Waals surface area contributed by atoms with Gasteiger partial charge in [-0.2, -0.15) is 0 Å². The number of hydrogen-bond donors (Lipinski definition) is 3. The molecule has 1 aromatic carbocycles. The highest BCUT2D eigenvalue weighted by Gasteiger charge is 2.29. The molecule has 0 amide bonds. The van der Waals surface area contributed by atoms with Crippen LogP contribution in [0.4, 0.5) is 0 Å². The van der Waals surface area contributed by atoms with E-state index in [9.17, 15) is 20.1 Å². The van der Waals surface area contributed by atoms with Gasteiger partial charge >= 0.3 is 5.97 Å². The number of methoxy groups -OCH3 is 1. The number of halogens is 2. The first kappa shape index (κ1) is 14.2. The lowest BCUT2D eigenvalue weighted by atomic mass is 10.0. The van der Waals surface area contributed by atoms with Gasteiger partial charge < -0.3 is 20.1 Å². The van der Waals surface area contributed by atoms with Gasteiger partial charge in [-0.25, -0.2) is 4.79 Å².